The maximum absolute atomic E-state index is 3.55. The zero-order valence-corrected chi connectivity index (χ0v) is 9.89. The third-order valence-corrected chi connectivity index (χ3v) is 3.06. The molecule has 0 aromatic heterocycles. The molecule has 0 aromatic carbocycles. The molecule has 0 radical (unpaired) electrons. The Kier molecular flexibility index (Phi) is 6.20. The van der Waals surface area contributed by atoms with Gasteiger partial charge in [-0.25, -0.2) is 0 Å². The summed E-state index contributed by atoms with van der Waals surface area (Å²) in [5.74, 6) is 0. The van der Waals surface area contributed by atoms with Gasteiger partial charge >= 0.3 is 0 Å². The predicted octanol–water partition coefficient (Wildman–Crippen LogP) is 2.25. The van der Waals surface area contributed by atoms with Gasteiger partial charge in [0.1, 0.15) is 0 Å². The Labute approximate surface area is 89.1 Å². The van der Waals surface area contributed by atoms with Crippen LogP contribution in [-0.2, 0) is 0 Å². The van der Waals surface area contributed by atoms with Gasteiger partial charge in [-0.3, -0.25) is 4.90 Å². The van der Waals surface area contributed by atoms with Crippen molar-refractivity contribution < 1.29 is 0 Å². The molecule has 1 heterocycles. The summed E-state index contributed by atoms with van der Waals surface area (Å²) in [6.07, 6.45) is 6.74. The smallest absolute Gasteiger partial charge is 0.0220 e. The predicted molar refractivity (Wildman–Crippen MR) is 62.7 cm³/mol. The highest BCUT2D eigenvalue weighted by molar-refractivity contribution is 4.76. The lowest BCUT2D eigenvalue weighted by Crippen LogP contribution is -2.42. The Balaban J connectivity index is 2.38. The SMILES string of the molecule is CCCN(CCC)C1CCCCNC1. The molecule has 1 aliphatic rings. The highest BCUT2D eigenvalue weighted by Gasteiger charge is 2.17. The summed E-state index contributed by atoms with van der Waals surface area (Å²) in [5, 5.41) is 3.55. The Morgan fingerprint density at radius 3 is 2.50 bits per heavy atom. The molecule has 2 nitrogen and oxygen atoms in total. The minimum Gasteiger partial charge on any atom is -0.315 e. The van der Waals surface area contributed by atoms with Gasteiger partial charge in [0.25, 0.3) is 0 Å². The van der Waals surface area contributed by atoms with Crippen LogP contribution < -0.4 is 5.32 Å². The minimum absolute atomic E-state index is 0.803. The van der Waals surface area contributed by atoms with Crippen molar-refractivity contribution in [2.75, 3.05) is 26.2 Å². The molecule has 0 aromatic rings. The first kappa shape index (κ1) is 12.0. The van der Waals surface area contributed by atoms with Crippen LogP contribution in [0.4, 0.5) is 0 Å². The van der Waals surface area contributed by atoms with Crippen molar-refractivity contribution in [3.8, 4) is 0 Å². The third kappa shape index (κ3) is 3.97. The first-order valence-electron chi connectivity index (χ1n) is 6.33. The first-order valence-corrected chi connectivity index (χ1v) is 6.33. The molecule has 0 aliphatic carbocycles. The van der Waals surface area contributed by atoms with E-state index >= 15 is 0 Å². The van der Waals surface area contributed by atoms with E-state index in [1.165, 1.54) is 58.3 Å². The van der Waals surface area contributed by atoms with Crippen LogP contribution in [0.15, 0.2) is 0 Å². The van der Waals surface area contributed by atoms with E-state index in [4.69, 9.17) is 0 Å². The van der Waals surface area contributed by atoms with Crippen LogP contribution in [0.3, 0.4) is 0 Å². The van der Waals surface area contributed by atoms with E-state index in [0.29, 0.717) is 0 Å². The van der Waals surface area contributed by atoms with Crippen molar-refractivity contribution in [1.29, 1.82) is 0 Å². The van der Waals surface area contributed by atoms with Gasteiger partial charge < -0.3 is 5.32 Å². The summed E-state index contributed by atoms with van der Waals surface area (Å²) >= 11 is 0. The van der Waals surface area contributed by atoms with Crippen molar-refractivity contribution in [3.63, 3.8) is 0 Å². The zero-order chi connectivity index (χ0) is 10.2. The molecule has 0 amide bonds. The van der Waals surface area contributed by atoms with E-state index in [-0.39, 0.29) is 0 Å². The average molecular weight is 198 g/mol. The van der Waals surface area contributed by atoms with E-state index in [0.717, 1.165) is 6.04 Å². The molecule has 1 atom stereocenters. The van der Waals surface area contributed by atoms with E-state index < -0.39 is 0 Å². The standard InChI is InChI=1S/C12H26N2/c1-3-9-14(10-4-2)12-7-5-6-8-13-11-12/h12-13H,3-11H2,1-2H3. The lowest BCUT2D eigenvalue weighted by atomic mass is 10.1. The van der Waals surface area contributed by atoms with Crippen LogP contribution in [0.25, 0.3) is 0 Å². The van der Waals surface area contributed by atoms with Gasteiger partial charge in [0.2, 0.25) is 0 Å². The topological polar surface area (TPSA) is 15.3 Å². The summed E-state index contributed by atoms with van der Waals surface area (Å²) in [6.45, 7) is 9.56. The van der Waals surface area contributed by atoms with Crippen molar-refractivity contribution >= 4 is 0 Å². The van der Waals surface area contributed by atoms with E-state index in [1.807, 2.05) is 0 Å². The molecule has 1 fully saturated rings. The molecule has 0 saturated carbocycles. The van der Waals surface area contributed by atoms with Crippen molar-refractivity contribution in [2.45, 2.75) is 52.0 Å². The Morgan fingerprint density at radius 2 is 1.86 bits per heavy atom. The van der Waals surface area contributed by atoms with Crippen LogP contribution in [0, 0.1) is 0 Å². The lowest BCUT2D eigenvalue weighted by molar-refractivity contribution is 0.187. The highest BCUT2D eigenvalue weighted by Crippen LogP contribution is 2.12. The van der Waals surface area contributed by atoms with Crippen LogP contribution in [0.2, 0.25) is 0 Å². The molecule has 84 valence electrons. The van der Waals surface area contributed by atoms with Crippen molar-refractivity contribution in [3.05, 3.63) is 0 Å². The molecule has 0 spiro atoms. The van der Waals surface area contributed by atoms with Crippen LogP contribution in [-0.4, -0.2) is 37.1 Å². The molecule has 1 unspecified atom stereocenters. The largest absolute Gasteiger partial charge is 0.315 e. The fraction of sp³-hybridized carbons (Fsp3) is 1.00. The molecule has 14 heavy (non-hydrogen) atoms. The van der Waals surface area contributed by atoms with Gasteiger partial charge in [-0.05, 0) is 45.3 Å². The normalized spacial score (nSPS) is 23.8. The van der Waals surface area contributed by atoms with Gasteiger partial charge in [0.15, 0.2) is 0 Å². The second kappa shape index (κ2) is 7.24. The Bertz CT molecular complexity index is 122. The fourth-order valence-corrected chi connectivity index (χ4v) is 2.36. The van der Waals surface area contributed by atoms with E-state index in [1.54, 1.807) is 0 Å². The molecule has 2 heteroatoms. The number of nitrogens with one attached hydrogen (secondary N) is 1. The fourth-order valence-electron chi connectivity index (χ4n) is 2.36. The van der Waals surface area contributed by atoms with Gasteiger partial charge in [0, 0.05) is 12.6 Å². The van der Waals surface area contributed by atoms with E-state index in [2.05, 4.69) is 24.1 Å². The third-order valence-electron chi connectivity index (χ3n) is 3.06. The average Bonchev–Trinajstić information content (AvgIpc) is 2.45. The number of hydrogen-bond donors (Lipinski definition) is 1. The summed E-state index contributed by atoms with van der Waals surface area (Å²) in [5.41, 5.74) is 0. The van der Waals surface area contributed by atoms with Gasteiger partial charge in [-0.1, -0.05) is 20.3 Å². The second-order valence-corrected chi connectivity index (χ2v) is 4.39. The number of nitrogens with zero attached hydrogens (tertiary/aromatic N) is 1. The van der Waals surface area contributed by atoms with Crippen molar-refractivity contribution in [1.82, 2.24) is 10.2 Å². The summed E-state index contributed by atoms with van der Waals surface area (Å²) in [4.78, 5) is 2.68. The van der Waals surface area contributed by atoms with Gasteiger partial charge in [0.05, 0.1) is 0 Å². The Hall–Kier alpha value is -0.0800. The highest BCUT2D eigenvalue weighted by atomic mass is 15.2. The van der Waals surface area contributed by atoms with Crippen LogP contribution in [0.1, 0.15) is 46.0 Å². The van der Waals surface area contributed by atoms with Crippen LogP contribution >= 0.6 is 0 Å². The molecule has 1 saturated heterocycles. The summed E-state index contributed by atoms with van der Waals surface area (Å²) in [6, 6.07) is 0.803. The van der Waals surface area contributed by atoms with Gasteiger partial charge in [-0.15, -0.1) is 0 Å². The molecule has 0 bridgehead atoms. The van der Waals surface area contributed by atoms with Gasteiger partial charge in [-0.2, -0.15) is 0 Å². The molecular weight excluding hydrogens is 172 g/mol. The minimum atomic E-state index is 0.803. The maximum Gasteiger partial charge on any atom is 0.0220 e. The monoisotopic (exact) mass is 198 g/mol. The second-order valence-electron chi connectivity index (χ2n) is 4.39. The quantitative estimate of drug-likeness (QED) is 0.729. The molecular formula is C12H26N2. The first-order chi connectivity index (χ1) is 6.88. The molecule has 1 rings (SSSR count). The Morgan fingerprint density at radius 1 is 1.14 bits per heavy atom. The maximum atomic E-state index is 3.55. The molecule has 1 aliphatic heterocycles. The number of rotatable bonds is 5. The van der Waals surface area contributed by atoms with Crippen LogP contribution in [0.5, 0.6) is 0 Å². The van der Waals surface area contributed by atoms with E-state index in [9.17, 15) is 0 Å². The van der Waals surface area contributed by atoms with Crippen molar-refractivity contribution in [2.24, 2.45) is 0 Å². The lowest BCUT2D eigenvalue weighted by Gasteiger charge is -2.30. The zero-order valence-electron chi connectivity index (χ0n) is 9.89. The molecule has 1 N–H and O–H groups in total. The number of hydrogen-bond acceptors (Lipinski definition) is 2. The summed E-state index contributed by atoms with van der Waals surface area (Å²) < 4.78 is 0. The summed E-state index contributed by atoms with van der Waals surface area (Å²) in [7, 11) is 0.